The van der Waals surface area contributed by atoms with Crippen LogP contribution < -0.4 is 5.32 Å². The molecule has 0 atom stereocenters. The number of carbonyl (C=O) groups excluding carboxylic acids is 1. The van der Waals surface area contributed by atoms with Crippen molar-refractivity contribution in [3.05, 3.63) is 53.1 Å². The number of rotatable bonds is 4. The molecule has 0 aliphatic carbocycles. The summed E-state index contributed by atoms with van der Waals surface area (Å²) in [4.78, 5) is 14.0. The predicted octanol–water partition coefficient (Wildman–Crippen LogP) is 2.12. The summed E-state index contributed by atoms with van der Waals surface area (Å²) in [5, 5.41) is 42.7. The van der Waals surface area contributed by atoms with Crippen LogP contribution in [0, 0.1) is 0 Å². The first kappa shape index (κ1) is 19.3. The van der Waals surface area contributed by atoms with E-state index in [0.29, 0.717) is 24.2 Å². The maximum Gasteiger partial charge on any atom is 0.246 e. The first-order valence-electron chi connectivity index (χ1n) is 8.89. The lowest BCUT2D eigenvalue weighted by molar-refractivity contribution is -0.126. The van der Waals surface area contributed by atoms with Gasteiger partial charge in [0.1, 0.15) is 0 Å². The van der Waals surface area contributed by atoms with Gasteiger partial charge in [0.25, 0.3) is 0 Å². The topological polar surface area (TPSA) is 113 Å². The third-order valence-corrected chi connectivity index (χ3v) is 4.54. The van der Waals surface area contributed by atoms with Gasteiger partial charge in [-0.2, -0.15) is 0 Å². The number of para-hydroxylation sites is 1. The number of piperazine rings is 1. The van der Waals surface area contributed by atoms with Gasteiger partial charge in [0.15, 0.2) is 23.0 Å². The molecule has 2 aromatic rings. The number of hydrogen-bond acceptors (Lipinski definition) is 6. The molecule has 1 saturated heterocycles. The predicted molar refractivity (Wildman–Crippen MR) is 107 cm³/mol. The van der Waals surface area contributed by atoms with E-state index in [9.17, 15) is 25.2 Å². The lowest BCUT2D eigenvalue weighted by atomic mass is 10.0. The van der Waals surface area contributed by atoms with E-state index < -0.39 is 0 Å². The Morgan fingerprint density at radius 2 is 1.57 bits per heavy atom. The Morgan fingerprint density at radius 3 is 2.32 bits per heavy atom. The van der Waals surface area contributed by atoms with Gasteiger partial charge in [-0.15, -0.1) is 0 Å². The number of aromatic hydroxyl groups is 4. The molecular formula is C21H22N2O5. The first-order chi connectivity index (χ1) is 13.5. The number of phenolic OH excluding ortho intramolecular Hbond substituents is 4. The first-order valence-corrected chi connectivity index (χ1v) is 8.89. The quantitative estimate of drug-likeness (QED) is 0.315. The van der Waals surface area contributed by atoms with Crippen LogP contribution >= 0.6 is 0 Å². The standard InChI is InChI=1S/C21H22N2O5/c24-17-3-1-2-15(20(17)27)4-7-16-14(5-8-18(25)21(16)28)6-9-19(26)23-12-10-22-11-13-23/h1-9,22,24-25,27-28H,10-13H2/b7-4+,9-6+. The molecular weight excluding hydrogens is 360 g/mol. The fraction of sp³-hybridized carbons (Fsp3) is 0.190. The number of phenols is 4. The molecule has 0 bridgehead atoms. The summed E-state index contributed by atoms with van der Waals surface area (Å²) in [6.07, 6.45) is 6.00. The van der Waals surface area contributed by atoms with Gasteiger partial charge in [-0.05, 0) is 29.8 Å². The second kappa shape index (κ2) is 8.49. The Morgan fingerprint density at radius 1 is 0.857 bits per heavy atom. The van der Waals surface area contributed by atoms with E-state index in [1.165, 1.54) is 30.4 Å². The van der Waals surface area contributed by atoms with Crippen molar-refractivity contribution in [3.63, 3.8) is 0 Å². The minimum atomic E-state index is -0.340. The molecule has 1 aliphatic heterocycles. The summed E-state index contributed by atoms with van der Waals surface area (Å²) < 4.78 is 0. The van der Waals surface area contributed by atoms with E-state index in [4.69, 9.17) is 0 Å². The Kier molecular flexibility index (Phi) is 5.86. The SMILES string of the molecule is O=C(/C=C/c1ccc(O)c(O)c1/C=C/c1cccc(O)c1O)N1CCNCC1. The van der Waals surface area contributed by atoms with Gasteiger partial charge < -0.3 is 30.6 Å². The minimum absolute atomic E-state index is 0.130. The highest BCUT2D eigenvalue weighted by Crippen LogP contribution is 2.35. The Hall–Kier alpha value is -3.45. The molecule has 2 aromatic carbocycles. The number of nitrogens with zero attached hydrogens (tertiary/aromatic N) is 1. The van der Waals surface area contributed by atoms with E-state index in [2.05, 4.69) is 5.32 Å². The molecule has 7 nitrogen and oxygen atoms in total. The Balaban J connectivity index is 1.89. The van der Waals surface area contributed by atoms with E-state index in [1.54, 1.807) is 29.2 Å². The molecule has 0 unspecified atom stereocenters. The Labute approximate surface area is 162 Å². The normalized spacial score (nSPS) is 14.8. The molecule has 1 aliphatic rings. The van der Waals surface area contributed by atoms with Crippen molar-refractivity contribution >= 4 is 24.1 Å². The van der Waals surface area contributed by atoms with Gasteiger partial charge in [-0.25, -0.2) is 0 Å². The maximum absolute atomic E-state index is 12.3. The molecule has 7 heteroatoms. The highest BCUT2D eigenvalue weighted by molar-refractivity contribution is 5.93. The molecule has 5 N–H and O–H groups in total. The summed E-state index contributed by atoms with van der Waals surface area (Å²) >= 11 is 0. The molecule has 1 fully saturated rings. The van der Waals surface area contributed by atoms with Crippen LogP contribution in [-0.2, 0) is 4.79 Å². The van der Waals surface area contributed by atoms with Crippen LogP contribution in [0.2, 0.25) is 0 Å². The second-order valence-corrected chi connectivity index (χ2v) is 6.39. The van der Waals surface area contributed by atoms with Gasteiger partial charge in [-0.3, -0.25) is 4.79 Å². The molecule has 0 saturated carbocycles. The number of amides is 1. The lowest BCUT2D eigenvalue weighted by Gasteiger charge is -2.26. The van der Waals surface area contributed by atoms with Gasteiger partial charge >= 0.3 is 0 Å². The van der Waals surface area contributed by atoms with Gasteiger partial charge in [0, 0.05) is 43.4 Å². The zero-order chi connectivity index (χ0) is 20.1. The van der Waals surface area contributed by atoms with Gasteiger partial charge in [0.2, 0.25) is 5.91 Å². The van der Waals surface area contributed by atoms with Crippen molar-refractivity contribution < 1.29 is 25.2 Å². The third-order valence-electron chi connectivity index (χ3n) is 4.54. The van der Waals surface area contributed by atoms with Gasteiger partial charge in [0.05, 0.1) is 0 Å². The second-order valence-electron chi connectivity index (χ2n) is 6.39. The van der Waals surface area contributed by atoms with Crippen molar-refractivity contribution in [3.8, 4) is 23.0 Å². The van der Waals surface area contributed by atoms with E-state index in [0.717, 1.165) is 13.1 Å². The van der Waals surface area contributed by atoms with E-state index in [1.807, 2.05) is 0 Å². The molecule has 28 heavy (non-hydrogen) atoms. The summed E-state index contributed by atoms with van der Waals surface area (Å²) in [7, 11) is 0. The average molecular weight is 382 g/mol. The number of nitrogens with one attached hydrogen (secondary N) is 1. The highest BCUT2D eigenvalue weighted by Gasteiger charge is 2.14. The average Bonchev–Trinajstić information content (AvgIpc) is 2.71. The Bertz CT molecular complexity index is 931. The summed E-state index contributed by atoms with van der Waals surface area (Å²) in [6, 6.07) is 7.44. The van der Waals surface area contributed by atoms with Crippen molar-refractivity contribution in [2.24, 2.45) is 0 Å². The third kappa shape index (κ3) is 4.27. The van der Waals surface area contributed by atoms with Crippen molar-refractivity contribution in [2.75, 3.05) is 26.2 Å². The molecule has 1 amide bonds. The molecule has 0 radical (unpaired) electrons. The smallest absolute Gasteiger partial charge is 0.246 e. The molecule has 1 heterocycles. The number of benzene rings is 2. The molecule has 146 valence electrons. The minimum Gasteiger partial charge on any atom is -0.504 e. The van der Waals surface area contributed by atoms with Crippen LogP contribution in [0.5, 0.6) is 23.0 Å². The highest BCUT2D eigenvalue weighted by atomic mass is 16.3. The lowest BCUT2D eigenvalue weighted by Crippen LogP contribution is -2.45. The maximum atomic E-state index is 12.3. The largest absolute Gasteiger partial charge is 0.504 e. The zero-order valence-corrected chi connectivity index (χ0v) is 15.2. The van der Waals surface area contributed by atoms with Crippen LogP contribution in [0.1, 0.15) is 16.7 Å². The fourth-order valence-electron chi connectivity index (χ4n) is 2.94. The fourth-order valence-corrected chi connectivity index (χ4v) is 2.94. The molecule has 3 rings (SSSR count). The molecule has 0 aromatic heterocycles. The van der Waals surface area contributed by atoms with Gasteiger partial charge in [-0.1, -0.05) is 24.3 Å². The number of carbonyl (C=O) groups is 1. The van der Waals surface area contributed by atoms with Crippen LogP contribution in [0.3, 0.4) is 0 Å². The summed E-state index contributed by atoms with van der Waals surface area (Å²) in [6.45, 7) is 2.77. The summed E-state index contributed by atoms with van der Waals surface area (Å²) in [5.74, 6) is -1.32. The number of hydrogen-bond donors (Lipinski definition) is 5. The summed E-state index contributed by atoms with van der Waals surface area (Å²) in [5.41, 5.74) is 1.15. The van der Waals surface area contributed by atoms with Crippen molar-refractivity contribution in [1.29, 1.82) is 0 Å². The van der Waals surface area contributed by atoms with Crippen LogP contribution in [0.15, 0.2) is 36.4 Å². The van der Waals surface area contributed by atoms with Crippen LogP contribution in [0.25, 0.3) is 18.2 Å². The molecule has 0 spiro atoms. The zero-order valence-electron chi connectivity index (χ0n) is 15.2. The van der Waals surface area contributed by atoms with Crippen LogP contribution in [-0.4, -0.2) is 57.4 Å². The van der Waals surface area contributed by atoms with Crippen LogP contribution in [0.4, 0.5) is 0 Å². The van der Waals surface area contributed by atoms with E-state index in [-0.39, 0.29) is 34.5 Å². The monoisotopic (exact) mass is 382 g/mol. The van der Waals surface area contributed by atoms with Crippen molar-refractivity contribution in [1.82, 2.24) is 10.2 Å². The van der Waals surface area contributed by atoms with Crippen molar-refractivity contribution in [2.45, 2.75) is 0 Å². The van der Waals surface area contributed by atoms with E-state index >= 15 is 0 Å².